The van der Waals surface area contributed by atoms with Gasteiger partial charge >= 0.3 is 5.97 Å². The molecular formula is C18H27NO4S. The second-order valence-corrected chi connectivity index (χ2v) is 8.05. The van der Waals surface area contributed by atoms with Crippen molar-refractivity contribution in [1.82, 2.24) is 4.90 Å². The molecule has 0 bridgehead atoms. The number of likely N-dealkylation sites (tertiary alicyclic amines) is 1. The molecule has 2 saturated heterocycles. The maximum Gasteiger partial charge on any atom is 0.345 e. The van der Waals surface area contributed by atoms with E-state index in [2.05, 4.69) is 4.90 Å². The highest BCUT2D eigenvalue weighted by molar-refractivity contribution is 7.14. The molecule has 0 amide bonds. The summed E-state index contributed by atoms with van der Waals surface area (Å²) in [5.41, 5.74) is 1.15. The molecule has 0 radical (unpaired) electrons. The molecule has 3 heterocycles. The number of hydrogen-bond acceptors (Lipinski definition) is 5. The van der Waals surface area contributed by atoms with E-state index in [9.17, 15) is 4.79 Å². The van der Waals surface area contributed by atoms with Gasteiger partial charge in [0.2, 0.25) is 0 Å². The van der Waals surface area contributed by atoms with Gasteiger partial charge in [0, 0.05) is 31.1 Å². The van der Waals surface area contributed by atoms with E-state index in [-0.39, 0.29) is 0 Å². The molecule has 2 aliphatic heterocycles. The zero-order valence-corrected chi connectivity index (χ0v) is 15.1. The van der Waals surface area contributed by atoms with Gasteiger partial charge in [-0.15, -0.1) is 11.3 Å². The number of rotatable bonds is 6. The normalized spacial score (nSPS) is 23.5. The van der Waals surface area contributed by atoms with Gasteiger partial charge in [-0.1, -0.05) is 0 Å². The van der Waals surface area contributed by atoms with Gasteiger partial charge in [-0.3, -0.25) is 4.90 Å². The fraction of sp³-hybridized carbons (Fsp3) is 0.722. The van der Waals surface area contributed by atoms with E-state index in [1.807, 2.05) is 13.0 Å². The number of ether oxygens (including phenoxy) is 2. The fourth-order valence-electron chi connectivity index (χ4n) is 3.44. The quantitative estimate of drug-likeness (QED) is 0.850. The third kappa shape index (κ3) is 4.79. The second-order valence-electron chi connectivity index (χ2n) is 6.79. The van der Waals surface area contributed by atoms with Gasteiger partial charge in [-0.2, -0.15) is 0 Å². The lowest BCUT2D eigenvalue weighted by molar-refractivity contribution is -0.0753. The smallest absolute Gasteiger partial charge is 0.345 e. The van der Waals surface area contributed by atoms with Crippen LogP contribution in [0.5, 0.6) is 0 Å². The molecule has 1 aromatic heterocycles. The number of hydrogen-bond donors (Lipinski definition) is 1. The van der Waals surface area contributed by atoms with Crippen molar-refractivity contribution in [2.24, 2.45) is 0 Å². The first kappa shape index (κ1) is 17.9. The average Bonchev–Trinajstić information content (AvgIpc) is 2.96. The Balaban J connectivity index is 1.41. The SMILES string of the molecule is Cc1sc(C(=O)O)cc1CN1CCC(OCC2CCCCO2)CC1. The van der Waals surface area contributed by atoms with Crippen LogP contribution in [0.15, 0.2) is 6.07 Å². The number of aromatic carboxylic acids is 1. The third-order valence-electron chi connectivity index (χ3n) is 4.95. The highest BCUT2D eigenvalue weighted by atomic mass is 32.1. The van der Waals surface area contributed by atoms with E-state index < -0.39 is 5.97 Å². The molecule has 134 valence electrons. The minimum Gasteiger partial charge on any atom is -0.477 e. The summed E-state index contributed by atoms with van der Waals surface area (Å²) in [6, 6.07) is 1.82. The van der Waals surface area contributed by atoms with Crippen LogP contribution >= 0.6 is 11.3 Å². The van der Waals surface area contributed by atoms with E-state index in [4.69, 9.17) is 14.6 Å². The van der Waals surface area contributed by atoms with Crippen LogP contribution in [0.25, 0.3) is 0 Å². The van der Waals surface area contributed by atoms with Gasteiger partial charge in [0.25, 0.3) is 0 Å². The lowest BCUT2D eigenvalue weighted by atomic mass is 10.1. The van der Waals surface area contributed by atoms with Crippen LogP contribution in [-0.4, -0.2) is 54.5 Å². The van der Waals surface area contributed by atoms with E-state index >= 15 is 0 Å². The topological polar surface area (TPSA) is 59.0 Å². The van der Waals surface area contributed by atoms with E-state index in [1.54, 1.807) is 0 Å². The summed E-state index contributed by atoms with van der Waals surface area (Å²) in [7, 11) is 0. The van der Waals surface area contributed by atoms with Gasteiger partial charge in [-0.25, -0.2) is 4.79 Å². The number of carboxylic acid groups (broad SMARTS) is 1. The molecule has 6 heteroatoms. The first-order valence-corrected chi connectivity index (χ1v) is 9.71. The van der Waals surface area contributed by atoms with Gasteiger partial charge in [0.15, 0.2) is 0 Å². The molecule has 2 fully saturated rings. The molecule has 24 heavy (non-hydrogen) atoms. The molecule has 1 unspecified atom stereocenters. The van der Waals surface area contributed by atoms with E-state index in [1.165, 1.54) is 24.2 Å². The molecule has 1 N–H and O–H groups in total. The van der Waals surface area contributed by atoms with E-state index in [0.29, 0.717) is 17.1 Å². The van der Waals surface area contributed by atoms with Crippen molar-refractivity contribution in [3.8, 4) is 0 Å². The number of carbonyl (C=O) groups is 1. The summed E-state index contributed by atoms with van der Waals surface area (Å²) in [5, 5.41) is 9.10. The Bertz CT molecular complexity index is 545. The predicted molar refractivity (Wildman–Crippen MR) is 93.9 cm³/mol. The Labute approximate surface area is 147 Å². The molecule has 3 rings (SSSR count). The Hall–Kier alpha value is -0.950. The number of thiophene rings is 1. The van der Waals surface area contributed by atoms with Crippen molar-refractivity contribution >= 4 is 17.3 Å². The van der Waals surface area contributed by atoms with Gasteiger partial charge in [0.05, 0.1) is 18.8 Å². The van der Waals surface area contributed by atoms with Crippen LogP contribution < -0.4 is 0 Å². The Morgan fingerprint density at radius 3 is 2.79 bits per heavy atom. The minimum absolute atomic E-state index is 0.291. The van der Waals surface area contributed by atoms with Crippen LogP contribution in [0.3, 0.4) is 0 Å². The molecule has 0 spiro atoms. The second kappa shape index (κ2) is 8.43. The first-order chi connectivity index (χ1) is 11.6. The van der Waals surface area contributed by atoms with Gasteiger partial charge < -0.3 is 14.6 Å². The van der Waals surface area contributed by atoms with Crippen molar-refractivity contribution in [1.29, 1.82) is 0 Å². The summed E-state index contributed by atoms with van der Waals surface area (Å²) in [6.45, 7) is 6.48. The number of nitrogens with zero attached hydrogens (tertiary/aromatic N) is 1. The third-order valence-corrected chi connectivity index (χ3v) is 6.03. The van der Waals surface area contributed by atoms with Crippen LogP contribution in [0, 0.1) is 6.92 Å². The monoisotopic (exact) mass is 353 g/mol. The minimum atomic E-state index is -0.827. The first-order valence-electron chi connectivity index (χ1n) is 8.90. The highest BCUT2D eigenvalue weighted by Crippen LogP contribution is 2.25. The molecule has 0 saturated carbocycles. The largest absolute Gasteiger partial charge is 0.477 e. The van der Waals surface area contributed by atoms with E-state index in [0.717, 1.165) is 62.6 Å². The van der Waals surface area contributed by atoms with Gasteiger partial charge in [0.1, 0.15) is 4.88 Å². The maximum atomic E-state index is 11.1. The van der Waals surface area contributed by atoms with Crippen molar-refractivity contribution in [3.05, 3.63) is 21.4 Å². The Morgan fingerprint density at radius 2 is 2.17 bits per heavy atom. The average molecular weight is 353 g/mol. The van der Waals surface area contributed by atoms with Crippen LogP contribution in [0.4, 0.5) is 0 Å². The predicted octanol–water partition coefficient (Wildman–Crippen LogP) is 3.30. The summed E-state index contributed by atoms with van der Waals surface area (Å²) >= 11 is 1.37. The summed E-state index contributed by atoms with van der Waals surface area (Å²) in [6.07, 6.45) is 6.28. The fourth-order valence-corrected chi connectivity index (χ4v) is 4.31. The molecule has 1 aromatic rings. The Kier molecular flexibility index (Phi) is 6.27. The maximum absolute atomic E-state index is 11.1. The number of carboxylic acids is 1. The van der Waals surface area contributed by atoms with Crippen LogP contribution in [-0.2, 0) is 16.0 Å². The zero-order chi connectivity index (χ0) is 16.9. The Morgan fingerprint density at radius 1 is 1.38 bits per heavy atom. The standard InChI is InChI=1S/C18H27NO4S/c1-13-14(10-17(24-13)18(20)21)11-19-7-5-15(6-8-19)23-12-16-4-2-3-9-22-16/h10,15-16H,2-9,11-12H2,1H3,(H,20,21). The van der Waals surface area contributed by atoms with Gasteiger partial charge in [-0.05, 0) is 50.7 Å². The summed E-state index contributed by atoms with van der Waals surface area (Å²) in [5.74, 6) is -0.827. The zero-order valence-electron chi connectivity index (χ0n) is 14.3. The highest BCUT2D eigenvalue weighted by Gasteiger charge is 2.23. The molecule has 0 aliphatic carbocycles. The van der Waals surface area contributed by atoms with Crippen molar-refractivity contribution < 1.29 is 19.4 Å². The van der Waals surface area contributed by atoms with Crippen molar-refractivity contribution in [2.75, 3.05) is 26.3 Å². The molecular weight excluding hydrogens is 326 g/mol. The van der Waals surface area contributed by atoms with Crippen molar-refractivity contribution in [3.63, 3.8) is 0 Å². The molecule has 5 nitrogen and oxygen atoms in total. The lowest BCUT2D eigenvalue weighted by Gasteiger charge is -2.33. The van der Waals surface area contributed by atoms with Crippen molar-refractivity contribution in [2.45, 2.75) is 57.8 Å². The molecule has 2 aliphatic rings. The number of aryl methyl sites for hydroxylation is 1. The summed E-state index contributed by atoms with van der Waals surface area (Å²) in [4.78, 5) is 15.0. The molecule has 0 aromatic carbocycles. The lowest BCUT2D eigenvalue weighted by Crippen LogP contribution is -2.38. The summed E-state index contributed by atoms with van der Waals surface area (Å²) < 4.78 is 11.8. The molecule has 1 atom stereocenters. The van der Waals surface area contributed by atoms with Crippen LogP contribution in [0.2, 0.25) is 0 Å². The van der Waals surface area contributed by atoms with Crippen LogP contribution in [0.1, 0.15) is 52.2 Å². The number of piperidine rings is 1.